The second-order valence-electron chi connectivity index (χ2n) is 5.02. The molecule has 0 bridgehead atoms. The summed E-state index contributed by atoms with van der Waals surface area (Å²) in [6.45, 7) is 1.71. The zero-order chi connectivity index (χ0) is 11.7. The fourth-order valence-electron chi connectivity index (χ4n) is 2.32. The van der Waals surface area contributed by atoms with Gasteiger partial charge in [0.2, 0.25) is 5.82 Å². The van der Waals surface area contributed by atoms with E-state index in [1.165, 1.54) is 25.7 Å². The molecule has 17 heavy (non-hydrogen) atoms. The molecule has 1 N–H and O–H groups in total. The van der Waals surface area contributed by atoms with E-state index in [-0.39, 0.29) is 5.91 Å². The number of carbonyl (C=O) groups is 1. The summed E-state index contributed by atoms with van der Waals surface area (Å²) in [4.78, 5) is 18.4. The van der Waals surface area contributed by atoms with Gasteiger partial charge in [0.1, 0.15) is 5.82 Å². The first-order valence-electron chi connectivity index (χ1n) is 6.56. The molecule has 1 saturated carbocycles. The predicted molar refractivity (Wildman–Crippen MR) is 62.7 cm³/mol. The van der Waals surface area contributed by atoms with E-state index in [1.54, 1.807) is 0 Å². The number of likely N-dealkylation sites (tertiary alicyclic amines) is 1. The van der Waals surface area contributed by atoms with Crippen LogP contribution in [0.1, 0.15) is 60.9 Å². The molecule has 1 aliphatic carbocycles. The van der Waals surface area contributed by atoms with Crippen molar-refractivity contribution in [3.8, 4) is 0 Å². The molecule has 0 spiro atoms. The first-order valence-corrected chi connectivity index (χ1v) is 6.56. The van der Waals surface area contributed by atoms with E-state index >= 15 is 0 Å². The van der Waals surface area contributed by atoms with Gasteiger partial charge in [-0.2, -0.15) is 0 Å². The van der Waals surface area contributed by atoms with Crippen LogP contribution in [0.3, 0.4) is 0 Å². The molecule has 0 atom stereocenters. The lowest BCUT2D eigenvalue weighted by Crippen LogP contribution is -2.32. The summed E-state index contributed by atoms with van der Waals surface area (Å²) in [5.41, 5.74) is 0. The van der Waals surface area contributed by atoms with E-state index in [0.29, 0.717) is 11.7 Å². The Morgan fingerprint density at radius 1 is 1.18 bits per heavy atom. The summed E-state index contributed by atoms with van der Waals surface area (Å²) in [5, 5.41) is 6.95. The Kier molecular flexibility index (Phi) is 2.82. The smallest absolute Gasteiger partial charge is 0.293 e. The third-order valence-corrected chi connectivity index (χ3v) is 3.55. The number of H-pyrrole nitrogens is 1. The number of hydrogen-bond donors (Lipinski definition) is 1. The molecule has 1 saturated heterocycles. The first-order chi connectivity index (χ1) is 8.34. The molecule has 5 nitrogen and oxygen atoms in total. The number of hydrogen-bond acceptors (Lipinski definition) is 3. The SMILES string of the molecule is O=C(c1n[nH]c(C2CC2)n1)N1CCCCCC1. The van der Waals surface area contributed by atoms with Crippen molar-refractivity contribution in [3.63, 3.8) is 0 Å². The van der Waals surface area contributed by atoms with Gasteiger partial charge in [0.05, 0.1) is 0 Å². The largest absolute Gasteiger partial charge is 0.336 e. The summed E-state index contributed by atoms with van der Waals surface area (Å²) in [7, 11) is 0. The lowest BCUT2D eigenvalue weighted by Gasteiger charge is -2.17. The summed E-state index contributed by atoms with van der Waals surface area (Å²) in [5.74, 6) is 1.76. The normalized spacial score (nSPS) is 21.3. The van der Waals surface area contributed by atoms with Gasteiger partial charge in [0.25, 0.3) is 5.91 Å². The lowest BCUT2D eigenvalue weighted by atomic mass is 10.2. The molecule has 1 aliphatic heterocycles. The maximum atomic E-state index is 12.2. The van der Waals surface area contributed by atoms with Crippen LogP contribution in [0.15, 0.2) is 0 Å². The lowest BCUT2D eigenvalue weighted by molar-refractivity contribution is 0.0750. The van der Waals surface area contributed by atoms with Crippen molar-refractivity contribution in [2.24, 2.45) is 0 Å². The molecular weight excluding hydrogens is 216 g/mol. The van der Waals surface area contributed by atoms with Gasteiger partial charge in [-0.25, -0.2) is 4.98 Å². The minimum Gasteiger partial charge on any atom is -0.336 e. The Hall–Kier alpha value is -1.39. The first kappa shape index (κ1) is 10.7. The van der Waals surface area contributed by atoms with Crippen LogP contribution in [0.4, 0.5) is 0 Å². The van der Waals surface area contributed by atoms with Crippen LogP contribution in [0.2, 0.25) is 0 Å². The van der Waals surface area contributed by atoms with Crippen LogP contribution in [0.5, 0.6) is 0 Å². The molecule has 0 radical (unpaired) electrons. The van der Waals surface area contributed by atoms with Gasteiger partial charge in [-0.3, -0.25) is 9.89 Å². The maximum Gasteiger partial charge on any atom is 0.293 e. The Morgan fingerprint density at radius 3 is 2.53 bits per heavy atom. The van der Waals surface area contributed by atoms with Crippen LogP contribution in [0, 0.1) is 0 Å². The van der Waals surface area contributed by atoms with Crippen molar-refractivity contribution in [2.75, 3.05) is 13.1 Å². The van der Waals surface area contributed by atoms with Crippen molar-refractivity contribution >= 4 is 5.91 Å². The second kappa shape index (κ2) is 4.47. The summed E-state index contributed by atoms with van der Waals surface area (Å²) >= 11 is 0. The standard InChI is InChI=1S/C12H18N4O/c17-12(16-7-3-1-2-4-8-16)11-13-10(14-15-11)9-5-6-9/h9H,1-8H2,(H,13,14,15). The van der Waals surface area contributed by atoms with E-state index in [9.17, 15) is 4.79 Å². The monoisotopic (exact) mass is 234 g/mol. The Bertz CT molecular complexity index is 402. The molecule has 2 fully saturated rings. The Balaban J connectivity index is 1.70. The summed E-state index contributed by atoms with van der Waals surface area (Å²) < 4.78 is 0. The number of rotatable bonds is 2. The number of carbonyl (C=O) groups excluding carboxylic acids is 1. The van der Waals surface area contributed by atoms with Gasteiger partial charge < -0.3 is 4.90 Å². The Morgan fingerprint density at radius 2 is 1.88 bits per heavy atom. The molecule has 2 heterocycles. The van der Waals surface area contributed by atoms with Gasteiger partial charge >= 0.3 is 0 Å². The highest BCUT2D eigenvalue weighted by molar-refractivity contribution is 5.90. The molecule has 2 aliphatic rings. The number of aromatic nitrogens is 3. The third-order valence-electron chi connectivity index (χ3n) is 3.55. The highest BCUT2D eigenvalue weighted by atomic mass is 16.2. The van der Waals surface area contributed by atoms with E-state index in [2.05, 4.69) is 15.2 Å². The highest BCUT2D eigenvalue weighted by Crippen LogP contribution is 2.37. The van der Waals surface area contributed by atoms with Crippen LogP contribution in [-0.4, -0.2) is 39.1 Å². The molecule has 0 unspecified atom stereocenters. The predicted octanol–water partition coefficient (Wildman–Crippen LogP) is 1.70. The van der Waals surface area contributed by atoms with Crippen LogP contribution in [0.25, 0.3) is 0 Å². The molecule has 3 rings (SSSR count). The fraction of sp³-hybridized carbons (Fsp3) is 0.750. The Labute approximate surface area is 101 Å². The van der Waals surface area contributed by atoms with Crippen molar-refractivity contribution < 1.29 is 4.79 Å². The second-order valence-corrected chi connectivity index (χ2v) is 5.02. The van der Waals surface area contributed by atoms with E-state index in [4.69, 9.17) is 0 Å². The van der Waals surface area contributed by atoms with E-state index in [0.717, 1.165) is 31.8 Å². The molecule has 1 amide bonds. The van der Waals surface area contributed by atoms with E-state index < -0.39 is 0 Å². The van der Waals surface area contributed by atoms with Crippen LogP contribution in [-0.2, 0) is 0 Å². The number of amides is 1. The molecule has 1 aromatic heterocycles. The third kappa shape index (κ3) is 2.33. The van der Waals surface area contributed by atoms with Crippen molar-refractivity contribution in [2.45, 2.75) is 44.4 Å². The summed E-state index contributed by atoms with van der Waals surface area (Å²) in [6, 6.07) is 0. The molecule has 0 aromatic carbocycles. The van der Waals surface area contributed by atoms with Crippen LogP contribution < -0.4 is 0 Å². The van der Waals surface area contributed by atoms with Gasteiger partial charge in [-0.05, 0) is 25.7 Å². The zero-order valence-corrected chi connectivity index (χ0v) is 9.98. The van der Waals surface area contributed by atoms with Gasteiger partial charge in [0.15, 0.2) is 0 Å². The average molecular weight is 234 g/mol. The zero-order valence-electron chi connectivity index (χ0n) is 9.98. The highest BCUT2D eigenvalue weighted by Gasteiger charge is 2.29. The van der Waals surface area contributed by atoms with Crippen molar-refractivity contribution in [1.29, 1.82) is 0 Å². The molecule has 5 heteroatoms. The van der Waals surface area contributed by atoms with Gasteiger partial charge in [-0.1, -0.05) is 12.8 Å². The number of nitrogens with zero attached hydrogens (tertiary/aromatic N) is 3. The fourth-order valence-corrected chi connectivity index (χ4v) is 2.32. The topological polar surface area (TPSA) is 61.9 Å². The summed E-state index contributed by atoms with van der Waals surface area (Å²) in [6.07, 6.45) is 7.01. The van der Waals surface area contributed by atoms with Crippen LogP contribution >= 0.6 is 0 Å². The molecule has 92 valence electrons. The van der Waals surface area contributed by atoms with Gasteiger partial charge in [0, 0.05) is 19.0 Å². The van der Waals surface area contributed by atoms with Gasteiger partial charge in [-0.15, -0.1) is 5.10 Å². The number of aromatic amines is 1. The minimum absolute atomic E-state index is 0.00458. The molecule has 1 aromatic rings. The number of nitrogens with one attached hydrogen (secondary N) is 1. The molecular formula is C12H18N4O. The quantitative estimate of drug-likeness (QED) is 0.847. The maximum absolute atomic E-state index is 12.2. The average Bonchev–Trinajstić information content (AvgIpc) is 3.13. The minimum atomic E-state index is -0.00458. The van der Waals surface area contributed by atoms with Crippen molar-refractivity contribution in [1.82, 2.24) is 20.1 Å². The van der Waals surface area contributed by atoms with E-state index in [1.807, 2.05) is 4.90 Å². The van der Waals surface area contributed by atoms with Crippen molar-refractivity contribution in [3.05, 3.63) is 11.6 Å².